The number of hydrazine groups is 1. The van der Waals surface area contributed by atoms with Crippen LogP contribution in [0.1, 0.15) is 19.2 Å². The highest BCUT2D eigenvalue weighted by Gasteiger charge is 2.07. The minimum absolute atomic E-state index is 0.279. The van der Waals surface area contributed by atoms with Crippen LogP contribution in [0.15, 0.2) is 18.5 Å². The zero-order chi connectivity index (χ0) is 14.4. The van der Waals surface area contributed by atoms with Gasteiger partial charge in [-0.1, -0.05) is 6.92 Å². The van der Waals surface area contributed by atoms with Gasteiger partial charge in [0, 0.05) is 19.7 Å². The molecule has 0 spiro atoms. The lowest BCUT2D eigenvalue weighted by atomic mass is 10.5. The Labute approximate surface area is 116 Å². The second-order valence-electron chi connectivity index (χ2n) is 4.13. The summed E-state index contributed by atoms with van der Waals surface area (Å²) in [5, 5.41) is 4.19. The molecule has 0 aliphatic carbocycles. The molecule has 0 unspecified atom stereocenters. The quantitative estimate of drug-likeness (QED) is 0.581. The Bertz CT molecular complexity index is 557. The molecule has 3 N–H and O–H groups in total. The second-order valence-corrected chi connectivity index (χ2v) is 4.13. The zero-order valence-corrected chi connectivity index (χ0v) is 11.5. The van der Waals surface area contributed by atoms with Crippen molar-refractivity contribution in [2.24, 2.45) is 5.84 Å². The van der Waals surface area contributed by atoms with Crippen molar-refractivity contribution in [2.45, 2.75) is 26.5 Å². The van der Waals surface area contributed by atoms with Gasteiger partial charge in [-0.25, -0.2) is 10.8 Å². The predicted molar refractivity (Wildman–Crippen MR) is 73.1 cm³/mol. The Kier molecular flexibility index (Phi) is 4.85. The smallest absolute Gasteiger partial charge is 0.224 e. The molecule has 0 radical (unpaired) electrons. The lowest BCUT2D eigenvalue weighted by Gasteiger charge is -2.07. The zero-order valence-electron chi connectivity index (χ0n) is 11.5. The summed E-state index contributed by atoms with van der Waals surface area (Å²) in [4.78, 5) is 8.38. The van der Waals surface area contributed by atoms with Crippen molar-refractivity contribution >= 4 is 5.82 Å². The Hall–Kier alpha value is -2.19. The first-order valence-electron chi connectivity index (χ1n) is 6.29. The van der Waals surface area contributed by atoms with E-state index in [-0.39, 0.29) is 6.61 Å². The highest BCUT2D eigenvalue weighted by atomic mass is 16.5. The number of anilines is 1. The summed E-state index contributed by atoms with van der Waals surface area (Å²) in [6.45, 7) is 3.21. The third kappa shape index (κ3) is 3.65. The first kappa shape index (κ1) is 14.2. The van der Waals surface area contributed by atoms with E-state index in [1.807, 2.05) is 10.9 Å². The summed E-state index contributed by atoms with van der Waals surface area (Å²) in [5.74, 6) is 7.31. The lowest BCUT2D eigenvalue weighted by Crippen LogP contribution is -2.11. The maximum atomic E-state index is 5.65. The molecule has 0 bridgehead atoms. The summed E-state index contributed by atoms with van der Waals surface area (Å²) in [6.07, 6.45) is 4.47. The summed E-state index contributed by atoms with van der Waals surface area (Å²) in [7, 11) is 1.57. The molecule has 8 nitrogen and oxygen atoms in total. The van der Waals surface area contributed by atoms with E-state index < -0.39 is 0 Å². The SMILES string of the molecule is CCCn1cc(Oc2cc(NN)nc(COC)n2)cn1. The van der Waals surface area contributed by atoms with Crippen molar-refractivity contribution in [1.29, 1.82) is 0 Å². The molecule has 2 heterocycles. The van der Waals surface area contributed by atoms with E-state index in [1.54, 1.807) is 19.4 Å². The molecule has 0 fully saturated rings. The van der Waals surface area contributed by atoms with Crippen LogP contribution in [0.2, 0.25) is 0 Å². The summed E-state index contributed by atoms with van der Waals surface area (Å²) < 4.78 is 12.5. The molecular weight excluding hydrogens is 260 g/mol. The molecule has 2 rings (SSSR count). The van der Waals surface area contributed by atoms with Crippen LogP contribution in [-0.4, -0.2) is 26.9 Å². The first-order valence-corrected chi connectivity index (χ1v) is 6.29. The van der Waals surface area contributed by atoms with Gasteiger partial charge in [-0.2, -0.15) is 10.1 Å². The fraction of sp³-hybridized carbons (Fsp3) is 0.417. The van der Waals surface area contributed by atoms with E-state index in [1.165, 1.54) is 0 Å². The van der Waals surface area contributed by atoms with Gasteiger partial charge < -0.3 is 14.9 Å². The molecule has 8 heteroatoms. The van der Waals surface area contributed by atoms with Gasteiger partial charge in [0.05, 0.1) is 12.4 Å². The van der Waals surface area contributed by atoms with Crippen molar-refractivity contribution in [2.75, 3.05) is 12.5 Å². The van der Waals surface area contributed by atoms with Crippen molar-refractivity contribution < 1.29 is 9.47 Å². The lowest BCUT2D eigenvalue weighted by molar-refractivity contribution is 0.177. The molecule has 20 heavy (non-hydrogen) atoms. The minimum atomic E-state index is 0.279. The average Bonchev–Trinajstić information content (AvgIpc) is 2.86. The third-order valence-electron chi connectivity index (χ3n) is 2.45. The van der Waals surface area contributed by atoms with E-state index in [2.05, 4.69) is 27.4 Å². The van der Waals surface area contributed by atoms with E-state index in [9.17, 15) is 0 Å². The van der Waals surface area contributed by atoms with Crippen molar-refractivity contribution in [3.8, 4) is 11.6 Å². The second kappa shape index (κ2) is 6.83. The van der Waals surface area contributed by atoms with Gasteiger partial charge in [0.15, 0.2) is 11.6 Å². The van der Waals surface area contributed by atoms with Crippen LogP contribution in [0.4, 0.5) is 5.82 Å². The predicted octanol–water partition coefficient (Wildman–Crippen LogP) is 1.31. The van der Waals surface area contributed by atoms with Crippen molar-refractivity contribution in [3.63, 3.8) is 0 Å². The number of aryl methyl sites for hydroxylation is 1. The number of nitrogens with two attached hydrogens (primary N) is 1. The molecule has 0 saturated carbocycles. The number of nitrogen functional groups attached to an aromatic ring is 1. The molecule has 108 valence electrons. The largest absolute Gasteiger partial charge is 0.436 e. The third-order valence-corrected chi connectivity index (χ3v) is 2.45. The highest BCUT2D eigenvalue weighted by molar-refractivity contribution is 5.38. The van der Waals surface area contributed by atoms with Crippen LogP contribution < -0.4 is 16.0 Å². The molecule has 0 aliphatic heterocycles. The first-order chi connectivity index (χ1) is 9.75. The summed E-state index contributed by atoms with van der Waals surface area (Å²) in [6, 6.07) is 1.61. The Morgan fingerprint density at radius 3 is 2.95 bits per heavy atom. The van der Waals surface area contributed by atoms with Crippen LogP contribution in [0.5, 0.6) is 11.6 Å². The van der Waals surface area contributed by atoms with Gasteiger partial charge in [-0.15, -0.1) is 0 Å². The van der Waals surface area contributed by atoms with Crippen LogP contribution >= 0.6 is 0 Å². The summed E-state index contributed by atoms with van der Waals surface area (Å²) >= 11 is 0. The number of hydrogen-bond donors (Lipinski definition) is 2. The summed E-state index contributed by atoms with van der Waals surface area (Å²) in [5.41, 5.74) is 2.47. The van der Waals surface area contributed by atoms with Crippen LogP contribution in [-0.2, 0) is 17.9 Å². The number of nitrogens with one attached hydrogen (secondary N) is 1. The standard InChI is InChI=1S/C12H18N6O2/c1-3-4-18-7-9(6-14-18)20-12-5-10(17-13)15-11(16-12)8-19-2/h5-7H,3-4,8,13H2,1-2H3,(H,15,16,17). The van der Waals surface area contributed by atoms with E-state index in [0.29, 0.717) is 23.3 Å². The maximum absolute atomic E-state index is 5.65. The van der Waals surface area contributed by atoms with Crippen LogP contribution in [0, 0.1) is 0 Å². The molecular formula is C12H18N6O2. The van der Waals surface area contributed by atoms with Gasteiger partial charge in [0.1, 0.15) is 12.4 Å². The van der Waals surface area contributed by atoms with Gasteiger partial charge in [0.25, 0.3) is 0 Å². The number of aromatic nitrogens is 4. The Morgan fingerprint density at radius 2 is 2.25 bits per heavy atom. The normalized spacial score (nSPS) is 10.6. The number of methoxy groups -OCH3 is 1. The number of nitrogens with zero attached hydrogens (tertiary/aromatic N) is 4. The fourth-order valence-corrected chi connectivity index (χ4v) is 1.66. The maximum Gasteiger partial charge on any atom is 0.224 e. The van der Waals surface area contributed by atoms with E-state index >= 15 is 0 Å². The molecule has 2 aromatic heterocycles. The van der Waals surface area contributed by atoms with Gasteiger partial charge in [-0.3, -0.25) is 4.68 Å². The molecule has 0 saturated heterocycles. The number of ether oxygens (including phenoxy) is 2. The fourth-order valence-electron chi connectivity index (χ4n) is 1.66. The molecule has 2 aromatic rings. The number of rotatable bonds is 7. The van der Waals surface area contributed by atoms with Crippen LogP contribution in [0.3, 0.4) is 0 Å². The van der Waals surface area contributed by atoms with Gasteiger partial charge in [0.2, 0.25) is 5.88 Å². The Morgan fingerprint density at radius 1 is 1.40 bits per heavy atom. The van der Waals surface area contributed by atoms with Crippen LogP contribution in [0.25, 0.3) is 0 Å². The molecule has 0 atom stereocenters. The van der Waals surface area contributed by atoms with Crippen molar-refractivity contribution in [3.05, 3.63) is 24.3 Å². The topological polar surface area (TPSA) is 100 Å². The van der Waals surface area contributed by atoms with E-state index in [0.717, 1.165) is 13.0 Å². The van der Waals surface area contributed by atoms with Crippen molar-refractivity contribution in [1.82, 2.24) is 19.7 Å². The number of hydrogen-bond acceptors (Lipinski definition) is 7. The van der Waals surface area contributed by atoms with E-state index in [4.69, 9.17) is 15.3 Å². The Balaban J connectivity index is 2.16. The minimum Gasteiger partial charge on any atom is -0.436 e. The monoisotopic (exact) mass is 278 g/mol. The molecule has 0 amide bonds. The molecule has 0 aliphatic rings. The molecule has 0 aromatic carbocycles. The highest BCUT2D eigenvalue weighted by Crippen LogP contribution is 2.21. The average molecular weight is 278 g/mol. The van der Waals surface area contributed by atoms with Gasteiger partial charge in [-0.05, 0) is 6.42 Å². The van der Waals surface area contributed by atoms with Gasteiger partial charge >= 0.3 is 0 Å².